The van der Waals surface area contributed by atoms with Crippen molar-refractivity contribution < 1.29 is 0 Å². The number of unbranched alkanes of at least 4 members (excludes halogenated alkanes) is 1. The van der Waals surface area contributed by atoms with Crippen molar-refractivity contribution in [2.24, 2.45) is 0 Å². The lowest BCUT2D eigenvalue weighted by Gasteiger charge is -2.38. The molecule has 2 unspecified atom stereocenters. The molecule has 20 heavy (non-hydrogen) atoms. The van der Waals surface area contributed by atoms with E-state index in [0.29, 0.717) is 12.1 Å². The SMILES string of the molecule is CC(C)NC(C)(C#N)CCCCN1CCN(C)CC1C. The van der Waals surface area contributed by atoms with Gasteiger partial charge >= 0.3 is 0 Å². The summed E-state index contributed by atoms with van der Waals surface area (Å²) in [6.07, 6.45) is 3.23. The molecule has 0 aromatic heterocycles. The van der Waals surface area contributed by atoms with Gasteiger partial charge in [0.2, 0.25) is 0 Å². The van der Waals surface area contributed by atoms with E-state index < -0.39 is 0 Å². The van der Waals surface area contributed by atoms with Gasteiger partial charge in [-0.05, 0) is 60.5 Å². The summed E-state index contributed by atoms with van der Waals surface area (Å²) in [7, 11) is 2.20. The smallest absolute Gasteiger partial charge is 0.104 e. The van der Waals surface area contributed by atoms with Crippen LogP contribution in [-0.4, -0.2) is 60.6 Å². The Morgan fingerprint density at radius 3 is 2.60 bits per heavy atom. The Kier molecular flexibility index (Phi) is 6.94. The second-order valence-electron chi connectivity index (χ2n) is 6.85. The lowest BCUT2D eigenvalue weighted by atomic mass is 9.95. The number of nitrogens with zero attached hydrogens (tertiary/aromatic N) is 3. The Bertz CT molecular complexity index is 323. The minimum absolute atomic E-state index is 0.359. The van der Waals surface area contributed by atoms with E-state index >= 15 is 0 Å². The molecule has 1 rings (SSSR count). The van der Waals surface area contributed by atoms with Gasteiger partial charge in [0.05, 0.1) is 6.07 Å². The van der Waals surface area contributed by atoms with Crippen molar-refractivity contribution >= 4 is 0 Å². The lowest BCUT2D eigenvalue weighted by Crippen LogP contribution is -2.50. The molecule has 4 nitrogen and oxygen atoms in total. The van der Waals surface area contributed by atoms with Crippen LogP contribution in [-0.2, 0) is 0 Å². The van der Waals surface area contributed by atoms with E-state index in [1.165, 1.54) is 26.1 Å². The zero-order valence-electron chi connectivity index (χ0n) is 13.9. The van der Waals surface area contributed by atoms with Crippen molar-refractivity contribution in [1.29, 1.82) is 5.26 Å². The Labute approximate surface area is 125 Å². The molecule has 0 bridgehead atoms. The maximum atomic E-state index is 9.33. The molecule has 1 heterocycles. The van der Waals surface area contributed by atoms with Crippen molar-refractivity contribution in [1.82, 2.24) is 15.1 Å². The number of piperazine rings is 1. The molecule has 116 valence electrons. The second-order valence-corrected chi connectivity index (χ2v) is 6.85. The lowest BCUT2D eigenvalue weighted by molar-refractivity contribution is 0.0979. The minimum Gasteiger partial charge on any atom is -0.304 e. The van der Waals surface area contributed by atoms with Gasteiger partial charge in [-0.3, -0.25) is 10.2 Å². The molecule has 0 aromatic rings. The average Bonchev–Trinajstić information content (AvgIpc) is 2.36. The predicted octanol–water partition coefficient (Wildman–Crippen LogP) is 2.07. The molecule has 0 radical (unpaired) electrons. The van der Waals surface area contributed by atoms with Crippen LogP contribution in [0.3, 0.4) is 0 Å². The highest BCUT2D eigenvalue weighted by Gasteiger charge is 2.24. The third-order valence-electron chi connectivity index (χ3n) is 4.19. The number of likely N-dealkylation sites (N-methyl/N-ethyl adjacent to an activating group) is 1. The van der Waals surface area contributed by atoms with Crippen LogP contribution in [0.1, 0.15) is 47.0 Å². The van der Waals surface area contributed by atoms with Crippen LogP contribution in [0.15, 0.2) is 0 Å². The molecule has 0 saturated carbocycles. The fourth-order valence-corrected chi connectivity index (χ4v) is 3.10. The summed E-state index contributed by atoms with van der Waals surface area (Å²) in [5, 5.41) is 12.7. The van der Waals surface area contributed by atoms with Crippen molar-refractivity contribution in [3.63, 3.8) is 0 Å². The molecule has 2 atom stereocenters. The van der Waals surface area contributed by atoms with Crippen LogP contribution in [0.2, 0.25) is 0 Å². The summed E-state index contributed by atoms with van der Waals surface area (Å²) >= 11 is 0. The summed E-state index contributed by atoms with van der Waals surface area (Å²) in [5.41, 5.74) is -0.373. The van der Waals surface area contributed by atoms with Crippen LogP contribution >= 0.6 is 0 Å². The third-order valence-corrected chi connectivity index (χ3v) is 4.19. The van der Waals surface area contributed by atoms with E-state index in [1.807, 2.05) is 6.92 Å². The fraction of sp³-hybridized carbons (Fsp3) is 0.938. The van der Waals surface area contributed by atoms with Gasteiger partial charge in [0.25, 0.3) is 0 Å². The van der Waals surface area contributed by atoms with Gasteiger partial charge in [0.1, 0.15) is 5.54 Å². The summed E-state index contributed by atoms with van der Waals surface area (Å²) < 4.78 is 0. The molecule has 1 aliphatic heterocycles. The molecule has 0 amide bonds. The van der Waals surface area contributed by atoms with E-state index in [9.17, 15) is 5.26 Å². The molecule has 1 saturated heterocycles. The van der Waals surface area contributed by atoms with Crippen LogP contribution in [0.5, 0.6) is 0 Å². The molecule has 1 aliphatic rings. The molecule has 1 N–H and O–H groups in total. The van der Waals surface area contributed by atoms with Gasteiger partial charge in [-0.1, -0.05) is 0 Å². The zero-order valence-corrected chi connectivity index (χ0v) is 13.9. The van der Waals surface area contributed by atoms with Gasteiger partial charge in [-0.2, -0.15) is 5.26 Å². The van der Waals surface area contributed by atoms with Crippen molar-refractivity contribution in [3.05, 3.63) is 0 Å². The predicted molar refractivity (Wildman–Crippen MR) is 84.7 cm³/mol. The van der Waals surface area contributed by atoms with Crippen LogP contribution in [0, 0.1) is 11.3 Å². The molecular weight excluding hydrogens is 248 g/mol. The van der Waals surface area contributed by atoms with E-state index in [4.69, 9.17) is 0 Å². The Morgan fingerprint density at radius 1 is 1.35 bits per heavy atom. The van der Waals surface area contributed by atoms with E-state index in [1.54, 1.807) is 0 Å². The number of hydrogen-bond acceptors (Lipinski definition) is 4. The van der Waals surface area contributed by atoms with E-state index in [2.05, 4.69) is 49.0 Å². The van der Waals surface area contributed by atoms with Crippen molar-refractivity contribution in [2.75, 3.05) is 33.2 Å². The highest BCUT2D eigenvalue weighted by atomic mass is 15.3. The van der Waals surface area contributed by atoms with Gasteiger partial charge in [0.15, 0.2) is 0 Å². The van der Waals surface area contributed by atoms with Crippen LogP contribution in [0.4, 0.5) is 0 Å². The monoisotopic (exact) mass is 280 g/mol. The topological polar surface area (TPSA) is 42.3 Å². The molecule has 4 heteroatoms. The maximum absolute atomic E-state index is 9.33. The van der Waals surface area contributed by atoms with Crippen LogP contribution in [0.25, 0.3) is 0 Å². The first-order valence-electron chi connectivity index (χ1n) is 7.98. The summed E-state index contributed by atoms with van der Waals surface area (Å²) in [4.78, 5) is 4.99. The van der Waals surface area contributed by atoms with Gasteiger partial charge in [-0.25, -0.2) is 0 Å². The molecule has 0 spiro atoms. The Morgan fingerprint density at radius 2 is 2.05 bits per heavy atom. The first kappa shape index (κ1) is 17.4. The quantitative estimate of drug-likeness (QED) is 0.725. The fourth-order valence-electron chi connectivity index (χ4n) is 3.10. The van der Waals surface area contributed by atoms with Crippen molar-refractivity contribution in [3.8, 4) is 6.07 Å². The second kappa shape index (κ2) is 7.97. The van der Waals surface area contributed by atoms with Crippen LogP contribution < -0.4 is 5.32 Å². The van der Waals surface area contributed by atoms with E-state index in [0.717, 1.165) is 19.4 Å². The molecule has 1 fully saturated rings. The number of hydrogen-bond donors (Lipinski definition) is 1. The summed E-state index contributed by atoms with van der Waals surface area (Å²) in [6, 6.07) is 3.45. The highest BCUT2D eigenvalue weighted by molar-refractivity contribution is 5.04. The van der Waals surface area contributed by atoms with Gasteiger partial charge < -0.3 is 4.90 Å². The maximum Gasteiger partial charge on any atom is 0.104 e. The number of rotatable bonds is 7. The number of nitriles is 1. The minimum atomic E-state index is -0.373. The molecule has 0 aromatic carbocycles. The third kappa shape index (κ3) is 5.78. The standard InChI is InChI=1S/C16H32N4/c1-14(2)18-16(4,13-17)8-6-7-9-20-11-10-19(5)12-15(20)3/h14-15,18H,6-12H2,1-5H3. The van der Waals surface area contributed by atoms with Gasteiger partial charge in [-0.15, -0.1) is 0 Å². The molecule has 0 aliphatic carbocycles. The highest BCUT2D eigenvalue weighted by Crippen LogP contribution is 2.15. The normalized spacial score (nSPS) is 24.6. The average molecular weight is 280 g/mol. The van der Waals surface area contributed by atoms with E-state index in [-0.39, 0.29) is 5.54 Å². The Hall–Kier alpha value is -0.630. The van der Waals surface area contributed by atoms with Crippen molar-refractivity contribution in [2.45, 2.75) is 64.6 Å². The summed E-state index contributed by atoms with van der Waals surface area (Å²) in [6.45, 7) is 13.2. The largest absolute Gasteiger partial charge is 0.304 e. The first-order valence-corrected chi connectivity index (χ1v) is 7.98. The molecular formula is C16H32N4. The first-order chi connectivity index (χ1) is 9.36. The zero-order chi connectivity index (χ0) is 15.2. The summed E-state index contributed by atoms with van der Waals surface area (Å²) in [5.74, 6) is 0. The van der Waals surface area contributed by atoms with Gasteiger partial charge in [0, 0.05) is 31.7 Å². The number of nitrogens with one attached hydrogen (secondary N) is 1. The Balaban J connectivity index is 2.25.